The highest BCUT2D eigenvalue weighted by atomic mass is 32.2. The molecule has 0 aromatic heterocycles. The van der Waals surface area contributed by atoms with Gasteiger partial charge in [0, 0.05) is 10.5 Å². The van der Waals surface area contributed by atoms with Crippen molar-refractivity contribution in [3.8, 4) is 0 Å². The summed E-state index contributed by atoms with van der Waals surface area (Å²) in [7, 11) is 0. The Balaban J connectivity index is 2.49. The number of para-hydroxylation sites is 1. The zero-order valence-corrected chi connectivity index (χ0v) is 11.4. The third-order valence-corrected chi connectivity index (χ3v) is 3.85. The lowest BCUT2D eigenvalue weighted by Gasteiger charge is -2.07. The highest BCUT2D eigenvalue weighted by Gasteiger charge is 2.19. The van der Waals surface area contributed by atoms with E-state index in [1.54, 1.807) is 43.3 Å². The largest absolute Gasteiger partial charge is 0.478 e. The van der Waals surface area contributed by atoms with Crippen LogP contribution in [0.15, 0.2) is 52.3 Å². The Hall–Kier alpha value is -2.34. The van der Waals surface area contributed by atoms with E-state index in [2.05, 4.69) is 0 Å². The minimum atomic E-state index is -1.05. The van der Waals surface area contributed by atoms with Crippen LogP contribution in [0, 0.1) is 17.0 Å². The summed E-state index contributed by atoms with van der Waals surface area (Å²) in [6.07, 6.45) is 0. The summed E-state index contributed by atoms with van der Waals surface area (Å²) in [4.78, 5) is 22.7. The molecule has 2 aromatic rings. The molecule has 0 aliphatic carbocycles. The fraction of sp³-hybridized carbons (Fsp3) is 0.0714. The summed E-state index contributed by atoms with van der Waals surface area (Å²) in [5.41, 5.74) is 0.693. The molecular weight excluding hydrogens is 278 g/mol. The molecule has 0 atom stereocenters. The van der Waals surface area contributed by atoms with E-state index in [0.29, 0.717) is 15.4 Å². The van der Waals surface area contributed by atoms with Gasteiger partial charge in [0.25, 0.3) is 5.69 Å². The van der Waals surface area contributed by atoms with Gasteiger partial charge >= 0.3 is 5.97 Å². The Morgan fingerprint density at radius 3 is 2.45 bits per heavy atom. The third-order valence-electron chi connectivity index (χ3n) is 2.72. The highest BCUT2D eigenvalue weighted by molar-refractivity contribution is 7.99. The van der Waals surface area contributed by atoms with Crippen LogP contribution in [-0.2, 0) is 0 Å². The SMILES string of the molecule is Cc1cccc(Sc2ccccc2C(=O)O)c1[N+](=O)[O-]. The Labute approximate surface area is 119 Å². The number of carbonyl (C=O) groups is 1. The number of rotatable bonds is 4. The number of nitro benzene ring substituents is 1. The molecular formula is C14H11NO4S. The van der Waals surface area contributed by atoms with E-state index < -0.39 is 10.9 Å². The van der Waals surface area contributed by atoms with Crippen molar-refractivity contribution >= 4 is 23.4 Å². The maximum absolute atomic E-state index is 11.2. The summed E-state index contributed by atoms with van der Waals surface area (Å²) in [6, 6.07) is 11.4. The van der Waals surface area contributed by atoms with Crippen molar-refractivity contribution in [2.24, 2.45) is 0 Å². The number of nitro groups is 1. The number of hydrogen-bond donors (Lipinski definition) is 1. The van der Waals surface area contributed by atoms with Crippen LogP contribution >= 0.6 is 11.8 Å². The number of hydrogen-bond acceptors (Lipinski definition) is 4. The van der Waals surface area contributed by atoms with Gasteiger partial charge in [-0.3, -0.25) is 10.1 Å². The molecule has 0 bridgehead atoms. The average Bonchev–Trinajstić information content (AvgIpc) is 2.38. The van der Waals surface area contributed by atoms with Crippen LogP contribution < -0.4 is 0 Å². The fourth-order valence-electron chi connectivity index (χ4n) is 1.80. The lowest BCUT2D eigenvalue weighted by Crippen LogP contribution is -1.99. The minimum Gasteiger partial charge on any atom is -0.478 e. The summed E-state index contributed by atoms with van der Waals surface area (Å²) >= 11 is 1.09. The molecule has 0 fully saturated rings. The van der Waals surface area contributed by atoms with Crippen LogP contribution in [-0.4, -0.2) is 16.0 Å². The molecule has 0 amide bonds. The number of carboxylic acids is 1. The van der Waals surface area contributed by atoms with E-state index in [4.69, 9.17) is 5.11 Å². The molecule has 5 nitrogen and oxygen atoms in total. The number of aryl methyl sites for hydroxylation is 1. The maximum atomic E-state index is 11.2. The van der Waals surface area contributed by atoms with Gasteiger partial charge < -0.3 is 5.11 Å². The van der Waals surface area contributed by atoms with Gasteiger partial charge in [-0.05, 0) is 25.1 Å². The van der Waals surface area contributed by atoms with E-state index >= 15 is 0 Å². The van der Waals surface area contributed by atoms with E-state index in [9.17, 15) is 14.9 Å². The number of benzene rings is 2. The summed E-state index contributed by atoms with van der Waals surface area (Å²) in [5, 5.41) is 20.3. The van der Waals surface area contributed by atoms with Crippen LogP contribution in [0.25, 0.3) is 0 Å². The van der Waals surface area contributed by atoms with E-state index in [1.165, 1.54) is 6.07 Å². The highest BCUT2D eigenvalue weighted by Crippen LogP contribution is 2.37. The van der Waals surface area contributed by atoms with Gasteiger partial charge in [-0.2, -0.15) is 0 Å². The molecule has 2 aromatic carbocycles. The number of nitrogens with zero attached hydrogens (tertiary/aromatic N) is 1. The van der Waals surface area contributed by atoms with Gasteiger partial charge in [0.1, 0.15) is 0 Å². The molecule has 0 unspecified atom stereocenters. The van der Waals surface area contributed by atoms with Crippen LogP contribution in [0.5, 0.6) is 0 Å². The predicted octanol–water partition coefficient (Wildman–Crippen LogP) is 3.75. The monoisotopic (exact) mass is 289 g/mol. The average molecular weight is 289 g/mol. The Bertz CT molecular complexity index is 685. The molecule has 0 heterocycles. The van der Waals surface area contributed by atoms with Gasteiger partial charge in [-0.25, -0.2) is 4.79 Å². The second kappa shape index (κ2) is 5.75. The molecule has 0 aliphatic heterocycles. The Kier molecular flexibility index (Phi) is 4.05. The second-order valence-electron chi connectivity index (χ2n) is 4.08. The van der Waals surface area contributed by atoms with Gasteiger partial charge in [-0.1, -0.05) is 36.0 Å². The number of aromatic carboxylic acids is 1. The molecule has 0 saturated heterocycles. The first-order chi connectivity index (χ1) is 9.50. The van der Waals surface area contributed by atoms with Gasteiger partial charge in [0.05, 0.1) is 15.4 Å². The molecule has 6 heteroatoms. The lowest BCUT2D eigenvalue weighted by molar-refractivity contribution is -0.388. The standard InChI is InChI=1S/C14H11NO4S/c1-9-5-4-8-12(13(9)15(18)19)20-11-7-3-2-6-10(11)14(16)17/h2-8H,1H3,(H,16,17). The van der Waals surface area contributed by atoms with Crippen LogP contribution in [0.1, 0.15) is 15.9 Å². The van der Waals surface area contributed by atoms with Crippen molar-refractivity contribution in [2.75, 3.05) is 0 Å². The molecule has 102 valence electrons. The first kappa shape index (κ1) is 14.1. The van der Waals surface area contributed by atoms with Crippen LogP contribution in [0.3, 0.4) is 0 Å². The van der Waals surface area contributed by atoms with Crippen molar-refractivity contribution in [3.63, 3.8) is 0 Å². The van der Waals surface area contributed by atoms with Crippen molar-refractivity contribution in [2.45, 2.75) is 16.7 Å². The first-order valence-electron chi connectivity index (χ1n) is 5.75. The van der Waals surface area contributed by atoms with Gasteiger partial charge in [-0.15, -0.1) is 0 Å². The van der Waals surface area contributed by atoms with Crippen molar-refractivity contribution in [1.82, 2.24) is 0 Å². The van der Waals surface area contributed by atoms with Crippen LogP contribution in [0.2, 0.25) is 0 Å². The molecule has 0 spiro atoms. The van der Waals surface area contributed by atoms with Crippen molar-refractivity contribution in [1.29, 1.82) is 0 Å². The molecule has 2 rings (SSSR count). The van der Waals surface area contributed by atoms with E-state index in [0.717, 1.165) is 11.8 Å². The zero-order chi connectivity index (χ0) is 14.7. The normalized spacial score (nSPS) is 10.2. The molecule has 0 saturated carbocycles. The molecule has 0 radical (unpaired) electrons. The van der Waals surface area contributed by atoms with Gasteiger partial charge in [0.15, 0.2) is 0 Å². The summed E-state index contributed by atoms with van der Waals surface area (Å²) in [5.74, 6) is -1.05. The van der Waals surface area contributed by atoms with E-state index in [-0.39, 0.29) is 11.3 Å². The van der Waals surface area contributed by atoms with E-state index in [1.807, 2.05) is 0 Å². The lowest BCUT2D eigenvalue weighted by atomic mass is 10.2. The maximum Gasteiger partial charge on any atom is 0.336 e. The van der Waals surface area contributed by atoms with Crippen molar-refractivity contribution < 1.29 is 14.8 Å². The smallest absolute Gasteiger partial charge is 0.336 e. The van der Waals surface area contributed by atoms with Crippen LogP contribution in [0.4, 0.5) is 5.69 Å². The zero-order valence-electron chi connectivity index (χ0n) is 10.6. The van der Waals surface area contributed by atoms with Crippen molar-refractivity contribution in [3.05, 3.63) is 63.7 Å². The molecule has 0 aliphatic rings. The first-order valence-corrected chi connectivity index (χ1v) is 6.56. The molecule has 20 heavy (non-hydrogen) atoms. The molecule has 1 N–H and O–H groups in total. The quantitative estimate of drug-likeness (QED) is 0.684. The second-order valence-corrected chi connectivity index (χ2v) is 5.17. The predicted molar refractivity (Wildman–Crippen MR) is 75.4 cm³/mol. The summed E-state index contributed by atoms with van der Waals surface area (Å²) < 4.78 is 0. The Morgan fingerprint density at radius 1 is 1.15 bits per heavy atom. The summed E-state index contributed by atoms with van der Waals surface area (Å²) in [6.45, 7) is 1.66. The van der Waals surface area contributed by atoms with Gasteiger partial charge in [0.2, 0.25) is 0 Å². The minimum absolute atomic E-state index is 0.0118. The third kappa shape index (κ3) is 2.80. The topological polar surface area (TPSA) is 80.4 Å². The Morgan fingerprint density at radius 2 is 1.80 bits per heavy atom. The fourth-order valence-corrected chi connectivity index (χ4v) is 2.93. The number of carboxylic acid groups (broad SMARTS) is 1.